The molecule has 1 N–H and O–H groups in total. The highest BCUT2D eigenvalue weighted by atomic mass is 19.1. The van der Waals surface area contributed by atoms with Crippen molar-refractivity contribution in [2.24, 2.45) is 5.10 Å². The van der Waals surface area contributed by atoms with E-state index in [9.17, 15) is 9.18 Å². The first-order valence-electron chi connectivity index (χ1n) is 7.99. The van der Waals surface area contributed by atoms with Crippen molar-refractivity contribution in [1.29, 1.82) is 0 Å². The fourth-order valence-electron chi connectivity index (χ4n) is 2.94. The van der Waals surface area contributed by atoms with Crippen LogP contribution in [0.2, 0.25) is 0 Å². The molecule has 23 heavy (non-hydrogen) atoms. The molecule has 1 aromatic heterocycles. The summed E-state index contributed by atoms with van der Waals surface area (Å²) in [7, 11) is 0. The fourth-order valence-corrected chi connectivity index (χ4v) is 2.94. The van der Waals surface area contributed by atoms with Gasteiger partial charge in [-0.3, -0.25) is 4.79 Å². The topological polar surface area (TPSA) is 46.4 Å². The van der Waals surface area contributed by atoms with Crippen molar-refractivity contribution in [3.63, 3.8) is 0 Å². The van der Waals surface area contributed by atoms with Gasteiger partial charge in [0.25, 0.3) is 5.91 Å². The summed E-state index contributed by atoms with van der Waals surface area (Å²) in [5.41, 5.74) is 3.79. The van der Waals surface area contributed by atoms with Crippen molar-refractivity contribution < 1.29 is 9.18 Å². The molecule has 120 valence electrons. The van der Waals surface area contributed by atoms with E-state index in [1.54, 1.807) is 6.21 Å². The molecule has 1 aliphatic rings. The normalized spacial score (nSPS) is 15.9. The van der Waals surface area contributed by atoms with E-state index in [0.717, 1.165) is 5.56 Å². The van der Waals surface area contributed by atoms with Gasteiger partial charge in [-0.05, 0) is 43.2 Å². The van der Waals surface area contributed by atoms with Crippen LogP contribution in [0.5, 0.6) is 0 Å². The van der Waals surface area contributed by atoms with Gasteiger partial charge in [0.05, 0.1) is 6.21 Å². The van der Waals surface area contributed by atoms with Gasteiger partial charge in [0.2, 0.25) is 0 Å². The Morgan fingerprint density at radius 3 is 2.65 bits per heavy atom. The Balaban J connectivity index is 1.56. The molecule has 5 heteroatoms. The summed E-state index contributed by atoms with van der Waals surface area (Å²) in [6.45, 7) is 0. The largest absolute Gasteiger partial charge is 0.351 e. The van der Waals surface area contributed by atoms with Gasteiger partial charge in [0.1, 0.15) is 5.82 Å². The predicted octanol–water partition coefficient (Wildman–Crippen LogP) is 3.90. The molecule has 0 saturated heterocycles. The van der Waals surface area contributed by atoms with Crippen molar-refractivity contribution in [2.45, 2.75) is 38.1 Å². The van der Waals surface area contributed by atoms with E-state index in [-0.39, 0.29) is 11.7 Å². The maximum absolute atomic E-state index is 12.8. The molecule has 2 aromatic rings. The van der Waals surface area contributed by atoms with Crippen LogP contribution in [0, 0.1) is 5.82 Å². The molecule has 1 amide bonds. The van der Waals surface area contributed by atoms with Gasteiger partial charge in [-0.15, -0.1) is 0 Å². The molecule has 1 aromatic carbocycles. The van der Waals surface area contributed by atoms with Crippen LogP contribution >= 0.6 is 0 Å². The standard InChI is InChI=1S/C18H20FN3O/c19-16-8-6-15(7-9-16)18(23)21-20-12-14-10-11-22(13-14)17-4-2-1-3-5-17/h6-13,17H,1-5H2,(H,21,23)/b20-12-. The van der Waals surface area contributed by atoms with Crippen LogP contribution in [0.4, 0.5) is 4.39 Å². The molecule has 1 fully saturated rings. The Morgan fingerprint density at radius 1 is 1.17 bits per heavy atom. The van der Waals surface area contributed by atoms with E-state index in [1.807, 2.05) is 6.07 Å². The number of hydrogen-bond donors (Lipinski definition) is 1. The van der Waals surface area contributed by atoms with E-state index in [0.29, 0.717) is 11.6 Å². The summed E-state index contributed by atoms with van der Waals surface area (Å²) in [5.74, 6) is -0.720. The first-order valence-corrected chi connectivity index (χ1v) is 7.99. The predicted molar refractivity (Wildman–Crippen MR) is 88.0 cm³/mol. The van der Waals surface area contributed by atoms with E-state index < -0.39 is 0 Å². The summed E-state index contributed by atoms with van der Waals surface area (Å²) >= 11 is 0. The van der Waals surface area contributed by atoms with Crippen LogP contribution in [0.1, 0.15) is 54.1 Å². The maximum atomic E-state index is 12.8. The first-order chi connectivity index (χ1) is 11.2. The molecular weight excluding hydrogens is 293 g/mol. The third-order valence-electron chi connectivity index (χ3n) is 4.22. The average molecular weight is 313 g/mol. The number of aromatic nitrogens is 1. The molecule has 0 atom stereocenters. The molecule has 4 nitrogen and oxygen atoms in total. The molecule has 1 heterocycles. The molecule has 1 saturated carbocycles. The minimum Gasteiger partial charge on any atom is -0.351 e. The van der Waals surface area contributed by atoms with Crippen molar-refractivity contribution in [3.8, 4) is 0 Å². The minimum atomic E-state index is -0.367. The summed E-state index contributed by atoms with van der Waals surface area (Å²) in [5, 5.41) is 3.97. The Labute approximate surface area is 135 Å². The Bertz CT molecular complexity index is 685. The Morgan fingerprint density at radius 2 is 1.91 bits per heavy atom. The molecular formula is C18H20FN3O. The Kier molecular flexibility index (Phi) is 4.86. The SMILES string of the molecule is O=C(N/N=C\c1ccn(C2CCCCC2)c1)c1ccc(F)cc1. The van der Waals surface area contributed by atoms with Gasteiger partial charge < -0.3 is 4.57 Å². The minimum absolute atomic E-state index is 0.354. The fraction of sp³-hybridized carbons (Fsp3) is 0.333. The van der Waals surface area contributed by atoms with E-state index in [1.165, 1.54) is 56.4 Å². The number of nitrogens with zero attached hydrogens (tertiary/aromatic N) is 2. The highest BCUT2D eigenvalue weighted by molar-refractivity contribution is 5.94. The van der Waals surface area contributed by atoms with Crippen LogP contribution in [0.3, 0.4) is 0 Å². The van der Waals surface area contributed by atoms with Crippen LogP contribution in [0.15, 0.2) is 47.8 Å². The maximum Gasteiger partial charge on any atom is 0.271 e. The molecule has 0 spiro atoms. The lowest BCUT2D eigenvalue weighted by molar-refractivity contribution is 0.0955. The molecule has 0 unspecified atom stereocenters. The van der Waals surface area contributed by atoms with Crippen molar-refractivity contribution in [1.82, 2.24) is 9.99 Å². The third kappa shape index (κ3) is 4.06. The van der Waals surface area contributed by atoms with Crippen LogP contribution in [-0.2, 0) is 0 Å². The number of hydrazone groups is 1. The van der Waals surface area contributed by atoms with Gasteiger partial charge in [-0.2, -0.15) is 5.10 Å². The lowest BCUT2D eigenvalue weighted by Gasteiger charge is -2.23. The number of amides is 1. The summed E-state index contributed by atoms with van der Waals surface area (Å²) in [6, 6.07) is 7.94. The number of benzene rings is 1. The van der Waals surface area contributed by atoms with Crippen LogP contribution < -0.4 is 5.43 Å². The zero-order chi connectivity index (χ0) is 16.1. The molecule has 0 bridgehead atoms. The highest BCUT2D eigenvalue weighted by Crippen LogP contribution is 2.28. The number of carbonyl (C=O) groups excluding carboxylic acids is 1. The third-order valence-corrected chi connectivity index (χ3v) is 4.22. The lowest BCUT2D eigenvalue weighted by Crippen LogP contribution is -2.17. The molecule has 0 aliphatic heterocycles. The van der Waals surface area contributed by atoms with Gasteiger partial charge in [0.15, 0.2) is 0 Å². The highest BCUT2D eigenvalue weighted by Gasteiger charge is 2.14. The van der Waals surface area contributed by atoms with Gasteiger partial charge in [-0.1, -0.05) is 19.3 Å². The Hall–Kier alpha value is -2.43. The quantitative estimate of drug-likeness (QED) is 0.675. The van der Waals surface area contributed by atoms with Crippen LogP contribution in [-0.4, -0.2) is 16.7 Å². The van der Waals surface area contributed by atoms with Gasteiger partial charge in [-0.25, -0.2) is 9.82 Å². The van der Waals surface area contributed by atoms with Crippen molar-refractivity contribution in [3.05, 3.63) is 59.7 Å². The zero-order valence-corrected chi connectivity index (χ0v) is 12.9. The number of nitrogens with one attached hydrogen (secondary N) is 1. The van der Waals surface area contributed by atoms with Crippen molar-refractivity contribution in [2.75, 3.05) is 0 Å². The van der Waals surface area contributed by atoms with Crippen molar-refractivity contribution >= 4 is 12.1 Å². The molecule has 0 radical (unpaired) electrons. The second-order valence-electron chi connectivity index (χ2n) is 5.89. The summed E-state index contributed by atoms with van der Waals surface area (Å²) < 4.78 is 15.1. The van der Waals surface area contributed by atoms with Crippen LogP contribution in [0.25, 0.3) is 0 Å². The van der Waals surface area contributed by atoms with Gasteiger partial charge in [0, 0.05) is 29.6 Å². The number of halogens is 1. The zero-order valence-electron chi connectivity index (χ0n) is 12.9. The average Bonchev–Trinajstić information content (AvgIpc) is 3.05. The van der Waals surface area contributed by atoms with Gasteiger partial charge >= 0.3 is 0 Å². The summed E-state index contributed by atoms with van der Waals surface area (Å²) in [6.07, 6.45) is 12.1. The molecule has 1 aliphatic carbocycles. The monoisotopic (exact) mass is 313 g/mol. The lowest BCUT2D eigenvalue weighted by atomic mass is 9.95. The van der Waals surface area contributed by atoms with E-state index in [4.69, 9.17) is 0 Å². The van der Waals surface area contributed by atoms with E-state index >= 15 is 0 Å². The van der Waals surface area contributed by atoms with E-state index in [2.05, 4.69) is 27.5 Å². The second kappa shape index (κ2) is 7.22. The number of rotatable bonds is 4. The molecule has 3 rings (SSSR count). The summed E-state index contributed by atoms with van der Waals surface area (Å²) in [4.78, 5) is 11.8. The first kappa shape index (κ1) is 15.5. The number of hydrogen-bond acceptors (Lipinski definition) is 2. The smallest absolute Gasteiger partial charge is 0.271 e. The number of carbonyl (C=O) groups is 1. The second-order valence-corrected chi connectivity index (χ2v) is 5.89.